The molecule has 0 saturated heterocycles. The van der Waals surface area contributed by atoms with Crippen LogP contribution in [-0.2, 0) is 19.1 Å². The molecule has 6 nitrogen and oxygen atoms in total. The molecule has 2 atom stereocenters. The highest BCUT2D eigenvalue weighted by Gasteiger charge is 2.21. The average molecular weight is 247 g/mol. The van der Waals surface area contributed by atoms with Gasteiger partial charge >= 0.3 is 5.97 Å². The van der Waals surface area contributed by atoms with E-state index in [9.17, 15) is 9.59 Å². The number of carboxylic acid groups (broad SMARTS) is 1. The Balaban J connectivity index is 3.91. The number of carbonyl (C=O) groups is 2. The molecule has 0 aromatic rings. The molecule has 0 heterocycles. The molecule has 0 fully saturated rings. The fourth-order valence-electron chi connectivity index (χ4n) is 1.13. The molecule has 2 unspecified atom stereocenters. The van der Waals surface area contributed by atoms with Crippen molar-refractivity contribution in [2.45, 2.75) is 39.3 Å². The van der Waals surface area contributed by atoms with E-state index in [1.807, 2.05) is 6.92 Å². The number of nitrogens with one attached hydrogen (secondary N) is 1. The van der Waals surface area contributed by atoms with Crippen LogP contribution in [0.3, 0.4) is 0 Å². The maximum atomic E-state index is 11.5. The topological polar surface area (TPSA) is 84.9 Å². The number of hydrogen-bond donors (Lipinski definition) is 2. The highest BCUT2D eigenvalue weighted by atomic mass is 16.5. The van der Waals surface area contributed by atoms with Crippen molar-refractivity contribution in [2.24, 2.45) is 0 Å². The van der Waals surface area contributed by atoms with Crippen LogP contribution in [0, 0.1) is 0 Å². The van der Waals surface area contributed by atoms with E-state index in [0.717, 1.165) is 0 Å². The lowest BCUT2D eigenvalue weighted by Crippen LogP contribution is -2.45. The summed E-state index contributed by atoms with van der Waals surface area (Å²) in [7, 11) is 0. The van der Waals surface area contributed by atoms with E-state index in [0.29, 0.717) is 26.2 Å². The van der Waals surface area contributed by atoms with Gasteiger partial charge in [-0.25, -0.2) is 4.79 Å². The number of aliphatic carboxylic acids is 1. The molecule has 100 valence electrons. The smallest absolute Gasteiger partial charge is 0.326 e. The Morgan fingerprint density at radius 1 is 1.29 bits per heavy atom. The molecule has 0 bridgehead atoms. The lowest BCUT2D eigenvalue weighted by molar-refractivity contribution is -0.144. The van der Waals surface area contributed by atoms with Crippen molar-refractivity contribution in [2.75, 3.05) is 19.8 Å². The van der Waals surface area contributed by atoms with Crippen LogP contribution < -0.4 is 5.32 Å². The third kappa shape index (κ3) is 6.91. The second kappa shape index (κ2) is 8.95. The maximum Gasteiger partial charge on any atom is 0.326 e. The van der Waals surface area contributed by atoms with Gasteiger partial charge in [0.1, 0.15) is 12.1 Å². The zero-order valence-corrected chi connectivity index (χ0v) is 10.6. The molecule has 0 aliphatic heterocycles. The lowest BCUT2D eigenvalue weighted by Gasteiger charge is -2.17. The predicted octanol–water partition coefficient (Wildman–Crippen LogP) is 0.407. The third-order valence-electron chi connectivity index (χ3n) is 2.19. The Morgan fingerprint density at radius 3 is 2.41 bits per heavy atom. The number of rotatable bonds is 9. The SMILES string of the molecule is CCOCCOC(C)C(=O)NC(CC)C(=O)O. The monoisotopic (exact) mass is 247 g/mol. The first-order valence-electron chi connectivity index (χ1n) is 5.75. The van der Waals surface area contributed by atoms with E-state index in [1.165, 1.54) is 0 Å². The summed E-state index contributed by atoms with van der Waals surface area (Å²) in [5.41, 5.74) is 0. The van der Waals surface area contributed by atoms with Crippen LogP contribution in [0.5, 0.6) is 0 Å². The van der Waals surface area contributed by atoms with Gasteiger partial charge in [-0.15, -0.1) is 0 Å². The van der Waals surface area contributed by atoms with Crippen LogP contribution in [0.4, 0.5) is 0 Å². The Morgan fingerprint density at radius 2 is 1.94 bits per heavy atom. The first kappa shape index (κ1) is 15.9. The lowest BCUT2D eigenvalue weighted by atomic mass is 10.2. The molecule has 0 rings (SSSR count). The van der Waals surface area contributed by atoms with E-state index in [1.54, 1.807) is 13.8 Å². The standard InChI is InChI=1S/C11H21NO5/c1-4-9(11(14)15)12-10(13)8(3)17-7-6-16-5-2/h8-9H,4-7H2,1-3H3,(H,12,13)(H,14,15). The highest BCUT2D eigenvalue weighted by molar-refractivity contribution is 5.85. The fraction of sp³-hybridized carbons (Fsp3) is 0.818. The molecule has 0 spiro atoms. The Hall–Kier alpha value is -1.14. The zero-order valence-electron chi connectivity index (χ0n) is 10.6. The van der Waals surface area contributed by atoms with Gasteiger partial charge in [-0.2, -0.15) is 0 Å². The van der Waals surface area contributed by atoms with Gasteiger partial charge < -0.3 is 19.9 Å². The van der Waals surface area contributed by atoms with Crippen LogP contribution in [0.1, 0.15) is 27.2 Å². The van der Waals surface area contributed by atoms with Gasteiger partial charge in [-0.05, 0) is 20.3 Å². The quantitative estimate of drug-likeness (QED) is 0.576. The highest BCUT2D eigenvalue weighted by Crippen LogP contribution is 1.96. The van der Waals surface area contributed by atoms with Crippen molar-refractivity contribution in [1.29, 1.82) is 0 Å². The predicted molar refractivity (Wildman–Crippen MR) is 61.8 cm³/mol. The van der Waals surface area contributed by atoms with Gasteiger partial charge in [0.15, 0.2) is 0 Å². The van der Waals surface area contributed by atoms with Crippen molar-refractivity contribution in [3.8, 4) is 0 Å². The molecular formula is C11H21NO5. The van der Waals surface area contributed by atoms with Crippen molar-refractivity contribution in [1.82, 2.24) is 5.32 Å². The van der Waals surface area contributed by atoms with Crippen molar-refractivity contribution in [3.05, 3.63) is 0 Å². The molecular weight excluding hydrogens is 226 g/mol. The zero-order chi connectivity index (χ0) is 13.3. The van der Waals surface area contributed by atoms with Gasteiger partial charge in [0.2, 0.25) is 5.91 Å². The summed E-state index contributed by atoms with van der Waals surface area (Å²) in [6.45, 7) is 6.47. The largest absolute Gasteiger partial charge is 0.480 e. The van der Waals surface area contributed by atoms with Gasteiger partial charge in [0, 0.05) is 6.61 Å². The van der Waals surface area contributed by atoms with Gasteiger partial charge in [0.05, 0.1) is 13.2 Å². The second-order valence-corrected chi connectivity index (χ2v) is 3.52. The maximum absolute atomic E-state index is 11.5. The molecule has 0 aliphatic carbocycles. The first-order chi connectivity index (χ1) is 8.02. The van der Waals surface area contributed by atoms with Crippen LogP contribution in [0.15, 0.2) is 0 Å². The van der Waals surface area contributed by atoms with E-state index in [-0.39, 0.29) is 0 Å². The first-order valence-corrected chi connectivity index (χ1v) is 5.75. The summed E-state index contributed by atoms with van der Waals surface area (Å²) in [4.78, 5) is 22.3. The number of carbonyl (C=O) groups excluding carboxylic acids is 1. The van der Waals surface area contributed by atoms with Crippen LogP contribution in [0.25, 0.3) is 0 Å². The molecule has 0 saturated carbocycles. The summed E-state index contributed by atoms with van der Waals surface area (Å²) in [5, 5.41) is 11.2. The minimum absolute atomic E-state index is 0.312. The van der Waals surface area contributed by atoms with Crippen LogP contribution >= 0.6 is 0 Å². The van der Waals surface area contributed by atoms with E-state index < -0.39 is 24.0 Å². The van der Waals surface area contributed by atoms with Crippen molar-refractivity contribution >= 4 is 11.9 Å². The summed E-state index contributed by atoms with van der Waals surface area (Å²) < 4.78 is 10.3. The molecule has 0 radical (unpaired) electrons. The summed E-state index contributed by atoms with van der Waals surface area (Å²) in [5.74, 6) is -1.46. The van der Waals surface area contributed by atoms with Crippen LogP contribution in [0.2, 0.25) is 0 Å². The number of amides is 1. The van der Waals surface area contributed by atoms with E-state index >= 15 is 0 Å². The molecule has 0 aromatic carbocycles. The molecule has 0 aliphatic rings. The van der Waals surface area contributed by atoms with Crippen molar-refractivity contribution in [3.63, 3.8) is 0 Å². The summed E-state index contributed by atoms with van der Waals surface area (Å²) >= 11 is 0. The van der Waals surface area contributed by atoms with E-state index in [4.69, 9.17) is 14.6 Å². The van der Waals surface area contributed by atoms with E-state index in [2.05, 4.69) is 5.32 Å². The summed E-state index contributed by atoms with van der Waals surface area (Å²) in [6, 6.07) is -0.861. The Kier molecular flexibility index (Phi) is 8.35. The summed E-state index contributed by atoms with van der Waals surface area (Å²) in [6.07, 6.45) is -0.337. The van der Waals surface area contributed by atoms with Crippen molar-refractivity contribution < 1.29 is 24.2 Å². The Bertz CT molecular complexity index is 244. The number of hydrogen-bond acceptors (Lipinski definition) is 4. The average Bonchev–Trinajstić information content (AvgIpc) is 2.30. The van der Waals surface area contributed by atoms with Gasteiger partial charge in [-0.1, -0.05) is 6.92 Å². The minimum atomic E-state index is -1.04. The molecule has 1 amide bonds. The molecule has 2 N–H and O–H groups in total. The second-order valence-electron chi connectivity index (χ2n) is 3.52. The molecule has 0 aromatic heterocycles. The van der Waals surface area contributed by atoms with Crippen LogP contribution in [-0.4, -0.2) is 48.9 Å². The number of carboxylic acids is 1. The normalized spacial score (nSPS) is 14.1. The fourth-order valence-corrected chi connectivity index (χ4v) is 1.13. The third-order valence-corrected chi connectivity index (χ3v) is 2.19. The minimum Gasteiger partial charge on any atom is -0.480 e. The Labute approximate surface area is 101 Å². The molecule has 6 heteroatoms. The molecule has 17 heavy (non-hydrogen) atoms. The number of ether oxygens (including phenoxy) is 2. The van der Waals surface area contributed by atoms with Gasteiger partial charge in [0.25, 0.3) is 0 Å². The van der Waals surface area contributed by atoms with Gasteiger partial charge in [-0.3, -0.25) is 4.79 Å².